The number of hydrogen-bond acceptors (Lipinski definition) is 3. The molecule has 0 aliphatic heterocycles. The highest BCUT2D eigenvalue weighted by molar-refractivity contribution is 5.99. The molecule has 1 aliphatic carbocycles. The van der Waals surface area contributed by atoms with Gasteiger partial charge in [-0.1, -0.05) is 55.3 Å². The number of amides is 1. The lowest BCUT2D eigenvalue weighted by atomic mass is 9.78. The fourth-order valence-electron chi connectivity index (χ4n) is 4.33. The minimum absolute atomic E-state index is 0.0795. The molecule has 1 amide bonds. The van der Waals surface area contributed by atoms with Crippen LogP contribution in [-0.2, 0) is 10.2 Å². The van der Waals surface area contributed by atoms with Crippen LogP contribution in [0.4, 0.5) is 5.69 Å². The number of oxazole rings is 1. The Morgan fingerprint density at radius 1 is 0.862 bits per heavy atom. The van der Waals surface area contributed by atoms with Gasteiger partial charge in [-0.15, -0.1) is 0 Å². The molecule has 144 valence electrons. The van der Waals surface area contributed by atoms with E-state index in [1.807, 2.05) is 66.7 Å². The zero-order chi connectivity index (χ0) is 19.7. The Labute approximate surface area is 169 Å². The molecule has 29 heavy (non-hydrogen) atoms. The first-order valence-corrected chi connectivity index (χ1v) is 10.1. The Balaban J connectivity index is 1.38. The highest BCUT2D eigenvalue weighted by Crippen LogP contribution is 2.42. The van der Waals surface area contributed by atoms with Gasteiger partial charge in [-0.2, -0.15) is 0 Å². The Hall–Kier alpha value is -3.40. The van der Waals surface area contributed by atoms with Crippen LogP contribution in [-0.4, -0.2) is 10.9 Å². The summed E-state index contributed by atoms with van der Waals surface area (Å²) >= 11 is 0. The molecule has 0 unspecified atom stereocenters. The molecule has 1 heterocycles. The van der Waals surface area contributed by atoms with Crippen molar-refractivity contribution in [2.45, 2.75) is 31.1 Å². The van der Waals surface area contributed by atoms with Crippen molar-refractivity contribution in [3.05, 3.63) is 84.4 Å². The SMILES string of the molecule is O=C(Nc1ccc(-c2nc3ccccc3o2)cc1)C1(c2ccccc2)CCCC1. The van der Waals surface area contributed by atoms with Gasteiger partial charge in [0.2, 0.25) is 11.8 Å². The first kappa shape index (κ1) is 17.7. The van der Waals surface area contributed by atoms with Crippen LogP contribution in [0.5, 0.6) is 0 Å². The zero-order valence-electron chi connectivity index (χ0n) is 16.1. The minimum atomic E-state index is -0.430. The van der Waals surface area contributed by atoms with E-state index >= 15 is 0 Å². The lowest BCUT2D eigenvalue weighted by Crippen LogP contribution is -2.37. The fraction of sp³-hybridized carbons (Fsp3) is 0.200. The van der Waals surface area contributed by atoms with Crippen molar-refractivity contribution in [3.63, 3.8) is 0 Å². The average Bonchev–Trinajstić information content (AvgIpc) is 3.43. The third-order valence-corrected chi connectivity index (χ3v) is 5.90. The Morgan fingerprint density at radius 3 is 2.28 bits per heavy atom. The Kier molecular flexibility index (Phi) is 4.39. The van der Waals surface area contributed by atoms with Gasteiger partial charge >= 0.3 is 0 Å². The number of hydrogen-bond donors (Lipinski definition) is 1. The predicted molar refractivity (Wildman–Crippen MR) is 115 cm³/mol. The van der Waals surface area contributed by atoms with Crippen LogP contribution in [0.3, 0.4) is 0 Å². The largest absolute Gasteiger partial charge is 0.436 e. The molecule has 4 heteroatoms. The molecule has 0 spiro atoms. The monoisotopic (exact) mass is 382 g/mol. The summed E-state index contributed by atoms with van der Waals surface area (Å²) in [5.41, 5.74) is 3.96. The third kappa shape index (κ3) is 3.21. The molecule has 5 rings (SSSR count). The van der Waals surface area contributed by atoms with Crippen molar-refractivity contribution in [2.24, 2.45) is 0 Å². The molecule has 1 aliphatic rings. The zero-order valence-corrected chi connectivity index (χ0v) is 16.1. The molecule has 3 aromatic carbocycles. The molecule has 0 saturated heterocycles. The first-order valence-electron chi connectivity index (χ1n) is 10.1. The van der Waals surface area contributed by atoms with E-state index in [0.717, 1.165) is 53.6 Å². The van der Waals surface area contributed by atoms with Gasteiger partial charge in [-0.05, 0) is 54.8 Å². The lowest BCUT2D eigenvalue weighted by Gasteiger charge is -2.28. The topological polar surface area (TPSA) is 55.1 Å². The smallest absolute Gasteiger partial charge is 0.235 e. The fourth-order valence-corrected chi connectivity index (χ4v) is 4.33. The quantitative estimate of drug-likeness (QED) is 0.475. The van der Waals surface area contributed by atoms with Gasteiger partial charge in [-0.3, -0.25) is 4.79 Å². The third-order valence-electron chi connectivity index (χ3n) is 5.90. The number of nitrogens with zero attached hydrogens (tertiary/aromatic N) is 1. The molecule has 0 bridgehead atoms. The molecule has 1 fully saturated rings. The standard InChI is InChI=1S/C25H22N2O2/c28-24(25(16-6-7-17-25)19-8-2-1-3-9-19)26-20-14-12-18(13-15-20)23-27-21-10-4-5-11-22(21)29-23/h1-5,8-15H,6-7,16-17H2,(H,26,28). The molecule has 4 aromatic rings. The maximum Gasteiger partial charge on any atom is 0.235 e. The number of rotatable bonds is 4. The van der Waals surface area contributed by atoms with E-state index in [0.29, 0.717) is 5.89 Å². The van der Waals surface area contributed by atoms with E-state index in [1.165, 1.54) is 0 Å². The maximum atomic E-state index is 13.3. The van der Waals surface area contributed by atoms with Crippen LogP contribution in [0.25, 0.3) is 22.6 Å². The summed E-state index contributed by atoms with van der Waals surface area (Å²) in [5, 5.41) is 3.14. The number of nitrogens with one attached hydrogen (secondary N) is 1. The Morgan fingerprint density at radius 2 is 1.55 bits per heavy atom. The van der Waals surface area contributed by atoms with Gasteiger partial charge in [0, 0.05) is 11.3 Å². The molecular weight excluding hydrogens is 360 g/mol. The molecule has 1 N–H and O–H groups in total. The first-order chi connectivity index (χ1) is 14.2. The van der Waals surface area contributed by atoms with Crippen LogP contribution < -0.4 is 5.32 Å². The van der Waals surface area contributed by atoms with Crippen LogP contribution in [0.1, 0.15) is 31.2 Å². The molecule has 4 nitrogen and oxygen atoms in total. The van der Waals surface area contributed by atoms with Gasteiger partial charge < -0.3 is 9.73 Å². The lowest BCUT2D eigenvalue weighted by molar-refractivity contribution is -0.121. The van der Waals surface area contributed by atoms with Crippen molar-refractivity contribution < 1.29 is 9.21 Å². The average molecular weight is 382 g/mol. The summed E-state index contributed by atoms with van der Waals surface area (Å²) in [5.74, 6) is 0.663. The van der Waals surface area contributed by atoms with Gasteiger partial charge in [-0.25, -0.2) is 4.98 Å². The van der Waals surface area contributed by atoms with Crippen LogP contribution >= 0.6 is 0 Å². The summed E-state index contributed by atoms with van der Waals surface area (Å²) in [6.07, 6.45) is 3.95. The van der Waals surface area contributed by atoms with E-state index in [-0.39, 0.29) is 5.91 Å². The molecular formula is C25H22N2O2. The summed E-state index contributed by atoms with van der Waals surface area (Å²) < 4.78 is 5.83. The molecule has 1 aromatic heterocycles. The van der Waals surface area contributed by atoms with Gasteiger partial charge in [0.05, 0.1) is 5.41 Å². The highest BCUT2D eigenvalue weighted by atomic mass is 16.3. The Bertz CT molecular complexity index is 1110. The van der Waals surface area contributed by atoms with Gasteiger partial charge in [0.1, 0.15) is 5.52 Å². The van der Waals surface area contributed by atoms with Gasteiger partial charge in [0.25, 0.3) is 0 Å². The number of benzene rings is 3. The molecule has 1 saturated carbocycles. The van der Waals surface area contributed by atoms with E-state index in [4.69, 9.17) is 4.42 Å². The molecule has 0 atom stereocenters. The highest BCUT2D eigenvalue weighted by Gasteiger charge is 2.42. The van der Waals surface area contributed by atoms with Crippen molar-refractivity contribution in [2.75, 3.05) is 5.32 Å². The summed E-state index contributed by atoms with van der Waals surface area (Å²) in [6.45, 7) is 0. The van der Waals surface area contributed by atoms with E-state index < -0.39 is 5.41 Å². The van der Waals surface area contributed by atoms with Crippen LogP contribution in [0, 0.1) is 0 Å². The normalized spacial score (nSPS) is 15.4. The number of aromatic nitrogens is 1. The predicted octanol–water partition coefficient (Wildman–Crippen LogP) is 5.95. The van der Waals surface area contributed by atoms with Crippen molar-refractivity contribution in [1.29, 1.82) is 0 Å². The van der Waals surface area contributed by atoms with Crippen LogP contribution in [0.2, 0.25) is 0 Å². The van der Waals surface area contributed by atoms with E-state index in [2.05, 4.69) is 22.4 Å². The summed E-state index contributed by atoms with van der Waals surface area (Å²) in [6, 6.07) is 25.6. The maximum absolute atomic E-state index is 13.3. The van der Waals surface area contributed by atoms with Crippen molar-refractivity contribution in [3.8, 4) is 11.5 Å². The molecule has 0 radical (unpaired) electrons. The second-order valence-corrected chi connectivity index (χ2v) is 7.67. The van der Waals surface area contributed by atoms with E-state index in [1.54, 1.807) is 0 Å². The number of carbonyl (C=O) groups is 1. The second kappa shape index (κ2) is 7.21. The number of anilines is 1. The van der Waals surface area contributed by atoms with Crippen LogP contribution in [0.15, 0.2) is 83.3 Å². The summed E-state index contributed by atoms with van der Waals surface area (Å²) in [4.78, 5) is 17.8. The van der Waals surface area contributed by atoms with Gasteiger partial charge in [0.15, 0.2) is 5.58 Å². The summed E-state index contributed by atoms with van der Waals surface area (Å²) in [7, 11) is 0. The number of fused-ring (bicyclic) bond motifs is 1. The van der Waals surface area contributed by atoms with Crippen molar-refractivity contribution in [1.82, 2.24) is 4.98 Å². The number of carbonyl (C=O) groups excluding carboxylic acids is 1. The number of para-hydroxylation sites is 2. The minimum Gasteiger partial charge on any atom is -0.436 e. The van der Waals surface area contributed by atoms with Crippen molar-refractivity contribution >= 4 is 22.7 Å². The second-order valence-electron chi connectivity index (χ2n) is 7.67. The van der Waals surface area contributed by atoms with E-state index in [9.17, 15) is 4.79 Å².